The lowest BCUT2D eigenvalue weighted by Crippen LogP contribution is -2.19. The molecule has 0 fully saturated rings. The molecule has 0 aliphatic carbocycles. The van der Waals surface area contributed by atoms with Crippen molar-refractivity contribution in [3.8, 4) is 5.75 Å². The summed E-state index contributed by atoms with van der Waals surface area (Å²) in [4.78, 5) is 0. The number of rotatable bonds is 2. The lowest BCUT2D eigenvalue weighted by molar-refractivity contribution is 0.415. The number of benzene rings is 1. The zero-order chi connectivity index (χ0) is 9.84. The van der Waals surface area contributed by atoms with Crippen LogP contribution >= 0.6 is 12.2 Å². The molecule has 5 heteroatoms. The Morgan fingerprint density at radius 2 is 2.23 bits per heavy atom. The summed E-state index contributed by atoms with van der Waals surface area (Å²) in [5.41, 5.74) is 12.2. The quantitative estimate of drug-likeness (QED) is 0.486. The first-order chi connectivity index (χ1) is 6.13. The van der Waals surface area contributed by atoms with Crippen molar-refractivity contribution < 1.29 is 4.74 Å². The number of hydrogen-bond acceptors (Lipinski definition) is 3. The highest BCUT2D eigenvalue weighted by Gasteiger charge is 2.00. The SMILES string of the molecule is COc1ccc(NC(N)=S)c(N)c1. The smallest absolute Gasteiger partial charge is 0.168 e. The minimum atomic E-state index is 0.192. The molecule has 5 N–H and O–H groups in total. The standard InChI is InChI=1S/C8H11N3OS/c1-12-5-2-3-7(6(9)4-5)11-8(10)13/h2-4H,9H2,1H3,(H3,10,11,13). The van der Waals surface area contributed by atoms with E-state index in [0.29, 0.717) is 17.1 Å². The zero-order valence-corrected chi connectivity index (χ0v) is 8.02. The second kappa shape index (κ2) is 3.95. The highest BCUT2D eigenvalue weighted by Crippen LogP contribution is 2.23. The fourth-order valence-electron chi connectivity index (χ4n) is 0.914. The van der Waals surface area contributed by atoms with Crippen LogP contribution in [0.3, 0.4) is 0 Å². The molecule has 4 nitrogen and oxygen atoms in total. The maximum Gasteiger partial charge on any atom is 0.168 e. The number of nitrogens with two attached hydrogens (primary N) is 2. The number of thiocarbonyl (C=S) groups is 1. The van der Waals surface area contributed by atoms with E-state index in [1.807, 2.05) is 0 Å². The van der Waals surface area contributed by atoms with E-state index in [4.69, 9.17) is 16.2 Å². The molecular formula is C8H11N3OS. The fraction of sp³-hybridized carbons (Fsp3) is 0.125. The number of methoxy groups -OCH3 is 1. The predicted molar refractivity (Wildman–Crippen MR) is 57.8 cm³/mol. The molecule has 0 spiro atoms. The Morgan fingerprint density at radius 1 is 1.54 bits per heavy atom. The Morgan fingerprint density at radius 3 is 2.69 bits per heavy atom. The summed E-state index contributed by atoms with van der Waals surface area (Å²) in [5, 5.41) is 2.94. The number of anilines is 2. The summed E-state index contributed by atoms with van der Waals surface area (Å²) in [7, 11) is 1.58. The van der Waals surface area contributed by atoms with Gasteiger partial charge in [-0.3, -0.25) is 0 Å². The molecule has 0 aliphatic rings. The van der Waals surface area contributed by atoms with Crippen LogP contribution in [0.25, 0.3) is 0 Å². The first-order valence-corrected chi connectivity index (χ1v) is 4.04. The molecule has 0 radical (unpaired) electrons. The topological polar surface area (TPSA) is 73.3 Å². The molecule has 0 unspecified atom stereocenters. The van der Waals surface area contributed by atoms with Crippen molar-refractivity contribution in [1.29, 1.82) is 0 Å². The van der Waals surface area contributed by atoms with Gasteiger partial charge in [0.25, 0.3) is 0 Å². The van der Waals surface area contributed by atoms with Gasteiger partial charge in [0.05, 0.1) is 18.5 Å². The van der Waals surface area contributed by atoms with Gasteiger partial charge in [-0.1, -0.05) is 0 Å². The monoisotopic (exact) mass is 197 g/mol. The van der Waals surface area contributed by atoms with Gasteiger partial charge in [0.2, 0.25) is 0 Å². The van der Waals surface area contributed by atoms with Crippen molar-refractivity contribution in [2.75, 3.05) is 18.2 Å². The van der Waals surface area contributed by atoms with Gasteiger partial charge >= 0.3 is 0 Å². The third-order valence-electron chi connectivity index (χ3n) is 1.52. The lowest BCUT2D eigenvalue weighted by Gasteiger charge is -2.08. The molecule has 0 atom stereocenters. The van der Waals surface area contributed by atoms with Gasteiger partial charge in [-0.15, -0.1) is 0 Å². The second-order valence-corrected chi connectivity index (χ2v) is 2.88. The molecule has 0 saturated heterocycles. The van der Waals surface area contributed by atoms with Gasteiger partial charge in [-0.25, -0.2) is 0 Å². The minimum absolute atomic E-state index is 0.192. The van der Waals surface area contributed by atoms with E-state index in [0.717, 1.165) is 0 Å². The van der Waals surface area contributed by atoms with Crippen molar-refractivity contribution in [2.45, 2.75) is 0 Å². The lowest BCUT2D eigenvalue weighted by atomic mass is 10.2. The number of nitrogens with one attached hydrogen (secondary N) is 1. The van der Waals surface area contributed by atoms with Crippen molar-refractivity contribution in [2.24, 2.45) is 5.73 Å². The van der Waals surface area contributed by atoms with E-state index in [9.17, 15) is 0 Å². The normalized spacial score (nSPS) is 9.31. The maximum atomic E-state index is 5.69. The largest absolute Gasteiger partial charge is 0.497 e. The molecule has 0 bridgehead atoms. The van der Waals surface area contributed by atoms with Gasteiger partial charge < -0.3 is 21.5 Å². The minimum Gasteiger partial charge on any atom is -0.497 e. The highest BCUT2D eigenvalue weighted by atomic mass is 32.1. The number of hydrogen-bond donors (Lipinski definition) is 3. The molecule has 0 aromatic heterocycles. The van der Waals surface area contributed by atoms with Crippen molar-refractivity contribution in [3.05, 3.63) is 18.2 Å². The van der Waals surface area contributed by atoms with E-state index in [1.165, 1.54) is 0 Å². The average molecular weight is 197 g/mol. The van der Waals surface area contributed by atoms with Crippen molar-refractivity contribution in [3.63, 3.8) is 0 Å². The van der Waals surface area contributed by atoms with E-state index in [1.54, 1.807) is 25.3 Å². The number of ether oxygens (including phenoxy) is 1. The molecule has 1 aromatic carbocycles. The van der Waals surface area contributed by atoms with E-state index < -0.39 is 0 Å². The average Bonchev–Trinajstić information content (AvgIpc) is 2.08. The summed E-state index contributed by atoms with van der Waals surface area (Å²) in [6, 6.07) is 5.23. The Balaban J connectivity index is 2.91. The van der Waals surface area contributed by atoms with Crippen LogP contribution in [0.1, 0.15) is 0 Å². The summed E-state index contributed by atoms with van der Waals surface area (Å²) >= 11 is 4.68. The van der Waals surface area contributed by atoms with E-state index in [2.05, 4.69) is 17.5 Å². The molecule has 1 aromatic rings. The molecule has 70 valence electrons. The van der Waals surface area contributed by atoms with Crippen LogP contribution in [0, 0.1) is 0 Å². The van der Waals surface area contributed by atoms with Gasteiger partial charge in [0.15, 0.2) is 5.11 Å². The summed E-state index contributed by atoms with van der Waals surface area (Å²) in [5.74, 6) is 0.700. The van der Waals surface area contributed by atoms with Crippen LogP contribution in [0.4, 0.5) is 11.4 Å². The molecular weight excluding hydrogens is 186 g/mol. The van der Waals surface area contributed by atoms with Crippen LogP contribution in [-0.4, -0.2) is 12.2 Å². The third kappa shape index (κ3) is 2.48. The van der Waals surface area contributed by atoms with Gasteiger partial charge in [0, 0.05) is 6.07 Å². The molecule has 0 saturated carbocycles. The molecule has 0 aliphatic heterocycles. The summed E-state index contributed by atoms with van der Waals surface area (Å²) in [6.45, 7) is 0. The fourth-order valence-corrected chi connectivity index (χ4v) is 1.02. The first-order valence-electron chi connectivity index (χ1n) is 3.63. The predicted octanol–water partition coefficient (Wildman–Crippen LogP) is 0.933. The van der Waals surface area contributed by atoms with Crippen LogP contribution in [0.15, 0.2) is 18.2 Å². The summed E-state index contributed by atoms with van der Waals surface area (Å²) < 4.78 is 4.98. The third-order valence-corrected chi connectivity index (χ3v) is 1.62. The molecule has 0 amide bonds. The Hall–Kier alpha value is -1.49. The Labute approximate surface area is 81.9 Å². The van der Waals surface area contributed by atoms with Crippen molar-refractivity contribution in [1.82, 2.24) is 0 Å². The zero-order valence-electron chi connectivity index (χ0n) is 7.20. The first kappa shape index (κ1) is 9.60. The Bertz CT molecular complexity index is 327. The van der Waals surface area contributed by atoms with E-state index in [-0.39, 0.29) is 5.11 Å². The number of nitrogen functional groups attached to an aromatic ring is 1. The van der Waals surface area contributed by atoms with Crippen LogP contribution in [-0.2, 0) is 0 Å². The van der Waals surface area contributed by atoms with Crippen molar-refractivity contribution >= 4 is 28.7 Å². The maximum absolute atomic E-state index is 5.69. The van der Waals surface area contributed by atoms with Crippen LogP contribution < -0.4 is 21.5 Å². The van der Waals surface area contributed by atoms with Gasteiger partial charge in [-0.05, 0) is 24.4 Å². The van der Waals surface area contributed by atoms with Crippen LogP contribution in [0.2, 0.25) is 0 Å². The Kier molecular flexibility index (Phi) is 2.92. The molecule has 1 rings (SSSR count). The molecule has 13 heavy (non-hydrogen) atoms. The van der Waals surface area contributed by atoms with Gasteiger partial charge in [-0.2, -0.15) is 0 Å². The molecule has 0 heterocycles. The second-order valence-electron chi connectivity index (χ2n) is 2.44. The highest BCUT2D eigenvalue weighted by molar-refractivity contribution is 7.80. The van der Waals surface area contributed by atoms with E-state index >= 15 is 0 Å². The van der Waals surface area contributed by atoms with Gasteiger partial charge in [0.1, 0.15) is 5.75 Å². The summed E-state index contributed by atoms with van der Waals surface area (Å²) in [6.07, 6.45) is 0. The van der Waals surface area contributed by atoms with Crippen LogP contribution in [0.5, 0.6) is 5.75 Å².